The molecule has 0 rings (SSSR count). The monoisotopic (exact) mass is 208 g/mol. The van der Waals surface area contributed by atoms with Crippen LogP contribution in [-0.4, -0.2) is 25.2 Å². The molecule has 68 valence electrons. The Kier molecular flexibility index (Phi) is 7.05. The summed E-state index contributed by atoms with van der Waals surface area (Å²) in [7, 11) is 0. The highest BCUT2D eigenvalue weighted by molar-refractivity contribution is 6.69. The van der Waals surface area contributed by atoms with Gasteiger partial charge in [-0.15, -0.1) is 0 Å². The van der Waals surface area contributed by atoms with Crippen molar-refractivity contribution in [3.05, 3.63) is 11.2 Å². The SMILES string of the molecule is C=N/C(Cl)=C\C(Cl)=N/COCC. The molecule has 0 N–H and O–H groups in total. The van der Waals surface area contributed by atoms with Gasteiger partial charge in [0.2, 0.25) is 0 Å². The van der Waals surface area contributed by atoms with Crippen molar-refractivity contribution in [3.63, 3.8) is 0 Å². The molecule has 0 aliphatic rings. The number of allylic oxidation sites excluding steroid dienone is 1. The Hall–Kier alpha value is -0.380. The lowest BCUT2D eigenvalue weighted by Gasteiger charge is -1.93. The van der Waals surface area contributed by atoms with E-state index in [4.69, 9.17) is 27.9 Å². The van der Waals surface area contributed by atoms with Crippen molar-refractivity contribution in [2.75, 3.05) is 13.3 Å². The molecular formula is C7H10Cl2N2O. The van der Waals surface area contributed by atoms with E-state index >= 15 is 0 Å². The summed E-state index contributed by atoms with van der Waals surface area (Å²) in [5.41, 5.74) is 0. The van der Waals surface area contributed by atoms with Crippen LogP contribution in [0, 0.1) is 0 Å². The van der Waals surface area contributed by atoms with Crippen LogP contribution in [0.15, 0.2) is 21.2 Å². The highest BCUT2D eigenvalue weighted by Gasteiger charge is 1.90. The summed E-state index contributed by atoms with van der Waals surface area (Å²) in [6.45, 7) is 5.92. The largest absolute Gasteiger partial charge is 0.360 e. The molecule has 0 saturated heterocycles. The average molecular weight is 209 g/mol. The van der Waals surface area contributed by atoms with Crippen molar-refractivity contribution in [1.29, 1.82) is 0 Å². The van der Waals surface area contributed by atoms with Crippen LogP contribution in [0.3, 0.4) is 0 Å². The summed E-state index contributed by atoms with van der Waals surface area (Å²) in [5, 5.41) is 0.459. The average Bonchev–Trinajstić information content (AvgIpc) is 2.05. The second-order valence-electron chi connectivity index (χ2n) is 1.73. The molecule has 0 heterocycles. The minimum Gasteiger partial charge on any atom is -0.360 e. The quantitative estimate of drug-likeness (QED) is 0.389. The van der Waals surface area contributed by atoms with Crippen molar-refractivity contribution in [1.82, 2.24) is 0 Å². The van der Waals surface area contributed by atoms with E-state index in [2.05, 4.69) is 16.7 Å². The zero-order valence-corrected chi connectivity index (χ0v) is 8.27. The summed E-state index contributed by atoms with van der Waals surface area (Å²) in [5.74, 6) is 0. The van der Waals surface area contributed by atoms with E-state index < -0.39 is 0 Å². The molecule has 0 aliphatic carbocycles. The third kappa shape index (κ3) is 6.34. The van der Waals surface area contributed by atoms with Gasteiger partial charge in [0, 0.05) is 12.7 Å². The molecule has 0 saturated carbocycles. The second kappa shape index (κ2) is 7.28. The summed E-state index contributed by atoms with van der Waals surface area (Å²) in [6, 6.07) is 0. The highest BCUT2D eigenvalue weighted by atomic mass is 35.5. The van der Waals surface area contributed by atoms with Crippen molar-refractivity contribution in [2.45, 2.75) is 6.92 Å². The Morgan fingerprint density at radius 3 is 2.75 bits per heavy atom. The van der Waals surface area contributed by atoms with Gasteiger partial charge in [-0.3, -0.25) is 4.99 Å². The third-order valence-corrected chi connectivity index (χ3v) is 1.36. The molecule has 0 unspecified atom stereocenters. The number of aliphatic imine (C=N–C) groups is 2. The molecule has 0 aliphatic heterocycles. The Labute approximate surface area is 81.8 Å². The Bertz CT molecular complexity index is 202. The number of halogens is 2. The summed E-state index contributed by atoms with van der Waals surface area (Å²) in [6.07, 6.45) is 1.40. The molecule has 0 spiro atoms. The number of hydrogen-bond donors (Lipinski definition) is 0. The molecule has 12 heavy (non-hydrogen) atoms. The summed E-state index contributed by atoms with van der Waals surface area (Å²) in [4.78, 5) is 7.24. The van der Waals surface area contributed by atoms with Gasteiger partial charge in [0.15, 0.2) is 0 Å². The van der Waals surface area contributed by atoms with Gasteiger partial charge in [-0.25, -0.2) is 4.99 Å². The van der Waals surface area contributed by atoms with E-state index in [9.17, 15) is 0 Å². The van der Waals surface area contributed by atoms with Crippen LogP contribution in [0.1, 0.15) is 6.92 Å². The smallest absolute Gasteiger partial charge is 0.139 e. The number of hydrogen-bond acceptors (Lipinski definition) is 3. The van der Waals surface area contributed by atoms with E-state index in [1.165, 1.54) is 6.08 Å². The zero-order chi connectivity index (χ0) is 9.40. The first kappa shape index (κ1) is 11.6. The van der Waals surface area contributed by atoms with Gasteiger partial charge in [-0.1, -0.05) is 23.2 Å². The lowest BCUT2D eigenvalue weighted by atomic mass is 10.6. The molecule has 0 bridgehead atoms. The van der Waals surface area contributed by atoms with E-state index in [0.717, 1.165) is 0 Å². The fourth-order valence-corrected chi connectivity index (χ4v) is 0.700. The van der Waals surface area contributed by atoms with Gasteiger partial charge in [0.05, 0.1) is 0 Å². The van der Waals surface area contributed by atoms with Gasteiger partial charge < -0.3 is 4.74 Å². The van der Waals surface area contributed by atoms with E-state index in [1.54, 1.807) is 0 Å². The molecule has 0 aromatic rings. The molecular weight excluding hydrogens is 199 g/mol. The van der Waals surface area contributed by atoms with Crippen molar-refractivity contribution in [3.8, 4) is 0 Å². The molecule has 0 aromatic carbocycles. The lowest BCUT2D eigenvalue weighted by Crippen LogP contribution is -1.92. The molecule has 5 heteroatoms. The third-order valence-electron chi connectivity index (χ3n) is 0.900. The van der Waals surface area contributed by atoms with Crippen molar-refractivity contribution >= 4 is 35.1 Å². The fourth-order valence-electron chi connectivity index (χ4n) is 0.388. The van der Waals surface area contributed by atoms with Crippen LogP contribution in [0.4, 0.5) is 0 Å². The first-order chi connectivity index (χ1) is 5.70. The van der Waals surface area contributed by atoms with Gasteiger partial charge in [0.25, 0.3) is 0 Å². The van der Waals surface area contributed by atoms with Crippen molar-refractivity contribution < 1.29 is 4.74 Å². The van der Waals surface area contributed by atoms with E-state index in [0.29, 0.717) is 6.61 Å². The van der Waals surface area contributed by atoms with Crippen LogP contribution in [-0.2, 0) is 4.74 Å². The van der Waals surface area contributed by atoms with Crippen molar-refractivity contribution in [2.24, 2.45) is 9.98 Å². The molecule has 3 nitrogen and oxygen atoms in total. The minimum atomic E-state index is 0.209. The summed E-state index contributed by atoms with van der Waals surface area (Å²) < 4.78 is 4.93. The van der Waals surface area contributed by atoms with Crippen LogP contribution in [0.5, 0.6) is 0 Å². The van der Waals surface area contributed by atoms with Crippen LogP contribution < -0.4 is 0 Å². The van der Waals surface area contributed by atoms with Gasteiger partial charge in [-0.05, 0) is 13.6 Å². The molecule has 0 amide bonds. The van der Waals surface area contributed by atoms with Crippen LogP contribution >= 0.6 is 23.2 Å². The normalized spacial score (nSPS) is 13.2. The predicted molar refractivity (Wildman–Crippen MR) is 53.3 cm³/mol. The Morgan fingerprint density at radius 1 is 1.58 bits per heavy atom. The maximum absolute atomic E-state index is 5.61. The molecule has 0 fully saturated rings. The highest BCUT2D eigenvalue weighted by Crippen LogP contribution is 2.03. The topological polar surface area (TPSA) is 34.0 Å². The Balaban J connectivity index is 3.92. The standard InChI is InChI=1S/C7H10Cl2N2O/c1-3-12-5-11-7(9)4-6(8)10-2/h4H,2-3,5H2,1H3/b6-4-,11-7+. The molecule has 0 radical (unpaired) electrons. The zero-order valence-electron chi connectivity index (χ0n) is 6.76. The molecule has 0 aromatic heterocycles. The second-order valence-corrected chi connectivity index (χ2v) is 2.50. The summed E-state index contributed by atoms with van der Waals surface area (Å²) >= 11 is 11.1. The number of nitrogens with zero attached hydrogens (tertiary/aromatic N) is 2. The van der Waals surface area contributed by atoms with Crippen LogP contribution in [0.25, 0.3) is 0 Å². The maximum Gasteiger partial charge on any atom is 0.139 e. The first-order valence-corrected chi connectivity index (χ1v) is 4.08. The fraction of sp³-hybridized carbons (Fsp3) is 0.429. The molecule has 0 atom stereocenters. The van der Waals surface area contributed by atoms with Gasteiger partial charge in [-0.2, -0.15) is 0 Å². The number of rotatable bonds is 5. The van der Waals surface area contributed by atoms with Gasteiger partial charge in [0.1, 0.15) is 17.1 Å². The van der Waals surface area contributed by atoms with E-state index in [-0.39, 0.29) is 17.1 Å². The lowest BCUT2D eigenvalue weighted by molar-refractivity contribution is 0.156. The van der Waals surface area contributed by atoms with Gasteiger partial charge >= 0.3 is 0 Å². The van der Waals surface area contributed by atoms with E-state index in [1.807, 2.05) is 6.92 Å². The number of ether oxygens (including phenoxy) is 1. The first-order valence-electron chi connectivity index (χ1n) is 3.32. The predicted octanol–water partition coefficient (Wildman–Crippen LogP) is 2.40. The van der Waals surface area contributed by atoms with Crippen LogP contribution in [0.2, 0.25) is 0 Å². The Morgan fingerprint density at radius 2 is 2.25 bits per heavy atom. The minimum absolute atomic E-state index is 0.209. The maximum atomic E-state index is 5.61.